The molecule has 2 aromatic rings. The van der Waals surface area contributed by atoms with Crippen LogP contribution in [0.5, 0.6) is 0 Å². The van der Waals surface area contributed by atoms with Crippen molar-refractivity contribution in [1.82, 2.24) is 9.55 Å². The van der Waals surface area contributed by atoms with E-state index in [1.54, 1.807) is 30.7 Å². The zero-order valence-electron chi connectivity index (χ0n) is 9.68. The van der Waals surface area contributed by atoms with E-state index in [1.807, 2.05) is 11.5 Å². The Morgan fingerprint density at radius 2 is 2.18 bits per heavy atom. The van der Waals surface area contributed by atoms with Crippen LogP contribution in [0.25, 0.3) is 0 Å². The fourth-order valence-corrected chi connectivity index (χ4v) is 1.84. The number of hydrogen-bond donors (Lipinski definition) is 1. The Balaban J connectivity index is 2.34. The van der Waals surface area contributed by atoms with Gasteiger partial charge in [-0.1, -0.05) is 25.1 Å². The van der Waals surface area contributed by atoms with Crippen molar-refractivity contribution in [2.75, 3.05) is 0 Å². The molecule has 4 heteroatoms. The SMILES string of the molecule is CCCn1cncc1C(O)c1ccccc1F. The standard InChI is InChI=1S/C13H15FN2O/c1-2-7-16-9-15-8-12(16)13(17)10-5-3-4-6-11(10)14/h3-6,8-9,13,17H,2,7H2,1H3. The monoisotopic (exact) mass is 234 g/mol. The molecule has 2 rings (SSSR count). The summed E-state index contributed by atoms with van der Waals surface area (Å²) >= 11 is 0. The third-order valence-electron chi connectivity index (χ3n) is 2.69. The van der Waals surface area contributed by atoms with Gasteiger partial charge in [-0.15, -0.1) is 0 Å². The fourth-order valence-electron chi connectivity index (χ4n) is 1.84. The molecule has 0 amide bonds. The van der Waals surface area contributed by atoms with E-state index >= 15 is 0 Å². The molecule has 3 nitrogen and oxygen atoms in total. The van der Waals surface area contributed by atoms with E-state index in [4.69, 9.17) is 0 Å². The summed E-state index contributed by atoms with van der Waals surface area (Å²) < 4.78 is 15.4. The van der Waals surface area contributed by atoms with Gasteiger partial charge < -0.3 is 9.67 Å². The third kappa shape index (κ3) is 2.36. The van der Waals surface area contributed by atoms with Gasteiger partial charge >= 0.3 is 0 Å². The van der Waals surface area contributed by atoms with Crippen LogP contribution in [-0.4, -0.2) is 14.7 Å². The molecule has 0 aliphatic heterocycles. The first-order valence-electron chi connectivity index (χ1n) is 5.66. The van der Waals surface area contributed by atoms with Gasteiger partial charge in [0.2, 0.25) is 0 Å². The largest absolute Gasteiger partial charge is 0.382 e. The molecule has 0 saturated heterocycles. The number of aliphatic hydroxyl groups excluding tert-OH is 1. The molecule has 1 N–H and O–H groups in total. The van der Waals surface area contributed by atoms with Crippen molar-refractivity contribution in [1.29, 1.82) is 0 Å². The van der Waals surface area contributed by atoms with E-state index < -0.39 is 11.9 Å². The normalized spacial score (nSPS) is 12.6. The fraction of sp³-hybridized carbons (Fsp3) is 0.308. The van der Waals surface area contributed by atoms with Crippen molar-refractivity contribution in [3.8, 4) is 0 Å². The number of imidazole rings is 1. The number of halogens is 1. The van der Waals surface area contributed by atoms with E-state index in [1.165, 1.54) is 6.07 Å². The highest BCUT2D eigenvalue weighted by molar-refractivity contribution is 5.26. The average Bonchev–Trinajstić information content (AvgIpc) is 2.78. The number of aromatic nitrogens is 2. The molecule has 0 bridgehead atoms. The summed E-state index contributed by atoms with van der Waals surface area (Å²) in [4.78, 5) is 4.00. The second-order valence-electron chi connectivity index (χ2n) is 3.94. The summed E-state index contributed by atoms with van der Waals surface area (Å²) in [7, 11) is 0. The van der Waals surface area contributed by atoms with Crippen LogP contribution in [0.4, 0.5) is 4.39 Å². The molecule has 17 heavy (non-hydrogen) atoms. The zero-order chi connectivity index (χ0) is 12.3. The molecule has 0 fully saturated rings. The van der Waals surface area contributed by atoms with Crippen LogP contribution < -0.4 is 0 Å². The Morgan fingerprint density at radius 3 is 2.88 bits per heavy atom. The van der Waals surface area contributed by atoms with Crippen molar-refractivity contribution in [2.45, 2.75) is 26.0 Å². The quantitative estimate of drug-likeness (QED) is 0.882. The molecule has 1 aromatic heterocycles. The van der Waals surface area contributed by atoms with Gasteiger partial charge in [0.25, 0.3) is 0 Å². The predicted octanol–water partition coefficient (Wildman–Crippen LogP) is 2.51. The molecule has 0 saturated carbocycles. The van der Waals surface area contributed by atoms with Crippen LogP contribution >= 0.6 is 0 Å². The molecule has 1 heterocycles. The van der Waals surface area contributed by atoms with Gasteiger partial charge in [0.15, 0.2) is 0 Å². The minimum absolute atomic E-state index is 0.283. The van der Waals surface area contributed by atoms with Gasteiger partial charge in [-0.3, -0.25) is 0 Å². The summed E-state index contributed by atoms with van der Waals surface area (Å²) in [5, 5.41) is 10.2. The molecule has 0 radical (unpaired) electrons. The lowest BCUT2D eigenvalue weighted by Gasteiger charge is -2.14. The molecule has 0 spiro atoms. The van der Waals surface area contributed by atoms with Gasteiger partial charge in [-0.25, -0.2) is 9.37 Å². The Kier molecular flexibility index (Phi) is 3.54. The van der Waals surface area contributed by atoms with Crippen LogP contribution in [0.15, 0.2) is 36.8 Å². The highest BCUT2D eigenvalue weighted by Crippen LogP contribution is 2.23. The summed E-state index contributed by atoms with van der Waals surface area (Å²) in [6.07, 6.45) is 3.20. The highest BCUT2D eigenvalue weighted by Gasteiger charge is 2.17. The van der Waals surface area contributed by atoms with Crippen LogP contribution in [0.3, 0.4) is 0 Å². The minimum Gasteiger partial charge on any atom is -0.382 e. The summed E-state index contributed by atoms with van der Waals surface area (Å²) in [6, 6.07) is 6.25. The molecule has 90 valence electrons. The smallest absolute Gasteiger partial charge is 0.129 e. The van der Waals surface area contributed by atoms with Gasteiger partial charge in [-0.05, 0) is 12.5 Å². The van der Waals surface area contributed by atoms with Gasteiger partial charge in [0, 0.05) is 12.1 Å². The van der Waals surface area contributed by atoms with Crippen LogP contribution in [-0.2, 0) is 6.54 Å². The lowest BCUT2D eigenvalue weighted by Crippen LogP contribution is -2.09. The van der Waals surface area contributed by atoms with E-state index in [0.29, 0.717) is 5.69 Å². The van der Waals surface area contributed by atoms with Crippen molar-refractivity contribution in [3.05, 3.63) is 53.9 Å². The highest BCUT2D eigenvalue weighted by atomic mass is 19.1. The number of aryl methyl sites for hydroxylation is 1. The van der Waals surface area contributed by atoms with Gasteiger partial charge in [0.1, 0.15) is 11.9 Å². The number of rotatable bonds is 4. The molecule has 1 atom stereocenters. The summed E-state index contributed by atoms with van der Waals surface area (Å²) in [5.74, 6) is -0.399. The lowest BCUT2D eigenvalue weighted by atomic mass is 10.1. The van der Waals surface area contributed by atoms with Gasteiger partial charge in [0.05, 0.1) is 18.2 Å². The zero-order valence-corrected chi connectivity index (χ0v) is 9.68. The van der Waals surface area contributed by atoms with Crippen LogP contribution in [0.2, 0.25) is 0 Å². The van der Waals surface area contributed by atoms with Crippen molar-refractivity contribution < 1.29 is 9.50 Å². The Hall–Kier alpha value is -1.68. The maximum Gasteiger partial charge on any atom is 0.129 e. The molecule has 0 aliphatic carbocycles. The van der Waals surface area contributed by atoms with E-state index in [9.17, 15) is 9.50 Å². The van der Waals surface area contributed by atoms with E-state index in [2.05, 4.69) is 4.98 Å². The molecule has 0 aliphatic rings. The molecular formula is C13H15FN2O. The predicted molar refractivity (Wildman–Crippen MR) is 63.0 cm³/mol. The van der Waals surface area contributed by atoms with Crippen molar-refractivity contribution in [3.63, 3.8) is 0 Å². The topological polar surface area (TPSA) is 38.0 Å². The molecule has 1 unspecified atom stereocenters. The second kappa shape index (κ2) is 5.10. The first-order valence-corrected chi connectivity index (χ1v) is 5.66. The van der Waals surface area contributed by atoms with E-state index in [0.717, 1.165) is 13.0 Å². The Labute approximate surface area is 99.5 Å². The molecule has 1 aromatic carbocycles. The van der Waals surface area contributed by atoms with Crippen LogP contribution in [0.1, 0.15) is 30.7 Å². The number of benzene rings is 1. The Morgan fingerprint density at radius 1 is 1.41 bits per heavy atom. The number of hydrogen-bond acceptors (Lipinski definition) is 2. The summed E-state index contributed by atoms with van der Waals surface area (Å²) in [6.45, 7) is 2.81. The lowest BCUT2D eigenvalue weighted by molar-refractivity contribution is 0.204. The van der Waals surface area contributed by atoms with Gasteiger partial charge in [-0.2, -0.15) is 0 Å². The van der Waals surface area contributed by atoms with Crippen molar-refractivity contribution >= 4 is 0 Å². The minimum atomic E-state index is -0.967. The average molecular weight is 234 g/mol. The maximum atomic E-state index is 13.6. The number of aliphatic hydroxyl groups is 1. The van der Waals surface area contributed by atoms with E-state index in [-0.39, 0.29) is 5.56 Å². The maximum absolute atomic E-state index is 13.6. The summed E-state index contributed by atoms with van der Waals surface area (Å²) in [5.41, 5.74) is 0.905. The van der Waals surface area contributed by atoms with Crippen molar-refractivity contribution in [2.24, 2.45) is 0 Å². The number of nitrogens with zero attached hydrogens (tertiary/aromatic N) is 2. The molecular weight excluding hydrogens is 219 g/mol. The Bertz CT molecular complexity index is 496. The first-order chi connectivity index (χ1) is 8.24. The van der Waals surface area contributed by atoms with Crippen LogP contribution in [0, 0.1) is 5.82 Å². The first kappa shape index (κ1) is 11.8. The second-order valence-corrected chi connectivity index (χ2v) is 3.94. The third-order valence-corrected chi connectivity index (χ3v) is 2.69.